The lowest BCUT2D eigenvalue weighted by Crippen LogP contribution is -2.40. The summed E-state index contributed by atoms with van der Waals surface area (Å²) >= 11 is 3.10. The van der Waals surface area contributed by atoms with Crippen molar-refractivity contribution < 1.29 is 15.0 Å². The average molecular weight is 583 g/mol. The molecule has 4 unspecified atom stereocenters. The molecular weight excluding hydrogens is 557 g/mol. The van der Waals surface area contributed by atoms with Crippen molar-refractivity contribution in [1.29, 1.82) is 0 Å². The zero-order valence-electron chi connectivity index (χ0n) is 22.6. The third-order valence-electron chi connectivity index (χ3n) is 7.94. The molecule has 2 aliphatic heterocycles. The van der Waals surface area contributed by atoms with E-state index in [-0.39, 0.29) is 0 Å². The van der Waals surface area contributed by atoms with Crippen LogP contribution in [0.25, 0.3) is 23.3 Å². The topological polar surface area (TPSA) is 63.2 Å². The molecule has 1 fully saturated rings. The molecule has 0 radical (unpaired) electrons. The Bertz CT molecular complexity index is 1790. The van der Waals surface area contributed by atoms with Crippen LogP contribution in [0.1, 0.15) is 22.3 Å². The molecule has 5 heteroatoms. The highest BCUT2D eigenvalue weighted by Gasteiger charge is 2.37. The minimum absolute atomic E-state index is 0.525. The van der Waals surface area contributed by atoms with Crippen molar-refractivity contribution in [2.75, 3.05) is 0 Å². The molecule has 0 bridgehead atoms. The molecule has 0 aromatic heterocycles. The van der Waals surface area contributed by atoms with E-state index in [4.69, 9.17) is 0 Å². The summed E-state index contributed by atoms with van der Waals surface area (Å²) in [5.41, 5.74) is 6.11. The van der Waals surface area contributed by atoms with Gasteiger partial charge in [-0.05, 0) is 63.6 Å². The van der Waals surface area contributed by atoms with Crippen LogP contribution in [0.15, 0.2) is 141 Å². The monoisotopic (exact) mass is 582 g/mol. The number of hydrogen-bond acceptors (Lipinski definition) is 5. The number of thioether (sulfide) groups is 2. The zero-order chi connectivity index (χ0) is 28.6. The van der Waals surface area contributed by atoms with Crippen LogP contribution in [0.4, 0.5) is 0 Å². The summed E-state index contributed by atoms with van der Waals surface area (Å²) in [5, 5.41) is 27.5. The fraction of sp³-hybridized carbons (Fsp3) is 0.108. The lowest BCUT2D eigenvalue weighted by Gasteiger charge is -2.32. The minimum atomic E-state index is -1.61. The van der Waals surface area contributed by atoms with Gasteiger partial charge in [0.1, 0.15) is 5.78 Å². The van der Waals surface area contributed by atoms with Crippen LogP contribution in [-0.2, 0) is 4.79 Å². The van der Waals surface area contributed by atoms with E-state index in [2.05, 4.69) is 24.3 Å². The molecule has 0 saturated heterocycles. The Kier molecular flexibility index (Phi) is 7.34. The maximum Gasteiger partial charge on any atom is 0.125 e. The molecule has 4 atom stereocenters. The first-order chi connectivity index (χ1) is 20.6. The van der Waals surface area contributed by atoms with Gasteiger partial charge in [0.2, 0.25) is 0 Å². The summed E-state index contributed by atoms with van der Waals surface area (Å²) in [4.78, 5) is 17.2. The lowest BCUT2D eigenvalue weighted by atomic mass is 9.94. The van der Waals surface area contributed by atoms with E-state index < -0.39 is 29.8 Å². The Balaban J connectivity index is 1.26. The fourth-order valence-corrected chi connectivity index (χ4v) is 8.04. The highest BCUT2D eigenvalue weighted by Crippen LogP contribution is 2.48. The summed E-state index contributed by atoms with van der Waals surface area (Å²) < 4.78 is 0. The van der Waals surface area contributed by atoms with Crippen molar-refractivity contribution in [1.82, 2.24) is 0 Å². The van der Waals surface area contributed by atoms with Gasteiger partial charge in [-0.15, -0.1) is 6.10 Å². The van der Waals surface area contributed by atoms with Crippen LogP contribution in [0.5, 0.6) is 0 Å². The van der Waals surface area contributed by atoms with Crippen molar-refractivity contribution in [3.05, 3.63) is 153 Å². The van der Waals surface area contributed by atoms with Crippen LogP contribution < -0.4 is 10.2 Å². The van der Waals surface area contributed by atoms with Crippen LogP contribution >= 0.6 is 23.5 Å². The largest absolute Gasteiger partial charge is 0.851 e. The molecule has 4 aromatic rings. The number of ketones is 1. The van der Waals surface area contributed by atoms with E-state index in [0.29, 0.717) is 0 Å². The summed E-state index contributed by atoms with van der Waals surface area (Å²) in [5.74, 6) is -2.48. The Morgan fingerprint density at radius 3 is 1.55 bits per heavy atom. The highest BCUT2D eigenvalue weighted by atomic mass is 32.2. The molecule has 3 aliphatic rings. The Labute approximate surface area is 254 Å². The smallest absolute Gasteiger partial charge is 0.125 e. The number of carbonyl (C=O) groups is 1. The number of allylic oxidation sites excluding steroid dienone is 2. The first-order valence-corrected chi connectivity index (χ1v) is 15.6. The molecule has 0 spiro atoms. The van der Waals surface area contributed by atoms with Crippen molar-refractivity contribution in [2.24, 2.45) is 11.8 Å². The van der Waals surface area contributed by atoms with E-state index in [1.54, 1.807) is 35.7 Å². The van der Waals surface area contributed by atoms with E-state index in [1.807, 2.05) is 97.1 Å². The minimum Gasteiger partial charge on any atom is -0.851 e. The SMILES string of the molecule is O=C1C([O-])C(/C=C2/Sc3ccccc3C=C2c2ccccc2)C([O-])C1/C=C1/Sc2ccccc2C=C1c1ccccc1. The van der Waals surface area contributed by atoms with Gasteiger partial charge in [-0.3, -0.25) is 0 Å². The number of fused-ring (bicyclic) bond motifs is 2. The summed E-state index contributed by atoms with van der Waals surface area (Å²) in [6.45, 7) is 0. The molecule has 1 aliphatic carbocycles. The predicted octanol–water partition coefficient (Wildman–Crippen LogP) is 6.72. The third kappa shape index (κ3) is 5.03. The van der Waals surface area contributed by atoms with Gasteiger partial charge in [-0.1, -0.05) is 139 Å². The molecule has 1 saturated carbocycles. The van der Waals surface area contributed by atoms with Crippen molar-refractivity contribution >= 4 is 52.6 Å². The summed E-state index contributed by atoms with van der Waals surface area (Å²) in [6, 6.07) is 36.1. The van der Waals surface area contributed by atoms with E-state index in [9.17, 15) is 15.0 Å². The first-order valence-electron chi connectivity index (χ1n) is 13.9. The van der Waals surface area contributed by atoms with Gasteiger partial charge < -0.3 is 15.0 Å². The summed E-state index contributed by atoms with van der Waals surface area (Å²) in [7, 11) is 0. The second-order valence-corrected chi connectivity index (χ2v) is 12.7. The molecule has 0 N–H and O–H groups in total. The molecular formula is C37H26O3S2-2. The normalized spacial score (nSPS) is 25.1. The highest BCUT2D eigenvalue weighted by molar-refractivity contribution is 8.04. The molecule has 206 valence electrons. The van der Waals surface area contributed by atoms with Crippen LogP contribution in [0, 0.1) is 11.8 Å². The van der Waals surface area contributed by atoms with Gasteiger partial charge >= 0.3 is 0 Å². The standard InChI is InChI=1S/C37H26O3S2/c38-35-29(21-33-27(23-11-3-1-4-12-23)19-25-15-7-9-17-31(25)41-33)36(39)37(40)30(35)22-34-28(24-13-5-2-6-14-24)20-26-16-8-10-18-32(26)42-34/h1-22,29-30,35-36H/q-2/b33-21+,34-22+. The molecule has 42 heavy (non-hydrogen) atoms. The van der Waals surface area contributed by atoms with Gasteiger partial charge in [0, 0.05) is 25.5 Å². The van der Waals surface area contributed by atoms with Crippen LogP contribution in [0.3, 0.4) is 0 Å². The Morgan fingerprint density at radius 1 is 0.571 bits per heavy atom. The van der Waals surface area contributed by atoms with Crippen molar-refractivity contribution in [2.45, 2.75) is 22.0 Å². The van der Waals surface area contributed by atoms with E-state index in [1.165, 1.54) is 0 Å². The van der Waals surface area contributed by atoms with Crippen molar-refractivity contribution in [3.63, 3.8) is 0 Å². The lowest BCUT2D eigenvalue weighted by molar-refractivity contribution is -0.458. The molecule has 4 aromatic carbocycles. The third-order valence-corrected chi connectivity index (χ3v) is 10.3. The van der Waals surface area contributed by atoms with E-state index in [0.717, 1.165) is 53.0 Å². The quantitative estimate of drug-likeness (QED) is 0.267. The van der Waals surface area contributed by atoms with Gasteiger partial charge in [-0.2, -0.15) is 0 Å². The van der Waals surface area contributed by atoms with Crippen molar-refractivity contribution in [3.8, 4) is 0 Å². The number of hydrogen-bond donors (Lipinski definition) is 0. The molecule has 3 nitrogen and oxygen atoms in total. The van der Waals surface area contributed by atoms with E-state index >= 15 is 0 Å². The molecule has 0 amide bonds. The van der Waals surface area contributed by atoms with Gasteiger partial charge in [0.15, 0.2) is 0 Å². The summed E-state index contributed by atoms with van der Waals surface area (Å²) in [6.07, 6.45) is 4.78. The number of carbonyl (C=O) groups excluding carboxylic acids is 1. The molecule has 7 rings (SSSR count). The van der Waals surface area contributed by atoms with Crippen LogP contribution in [0.2, 0.25) is 0 Å². The Hall–Kier alpha value is -3.87. The van der Waals surface area contributed by atoms with Gasteiger partial charge in [0.05, 0.1) is 0 Å². The van der Waals surface area contributed by atoms with Gasteiger partial charge in [-0.25, -0.2) is 0 Å². The van der Waals surface area contributed by atoms with Gasteiger partial charge in [0.25, 0.3) is 0 Å². The average Bonchev–Trinajstić information content (AvgIpc) is 3.23. The van der Waals surface area contributed by atoms with Crippen LogP contribution in [-0.4, -0.2) is 18.0 Å². The number of Topliss-reactive ketones (excluding diaryl/α,β-unsaturated/α-hetero) is 1. The second-order valence-electron chi connectivity index (χ2n) is 10.6. The maximum absolute atomic E-state index is 14.0. The first kappa shape index (κ1) is 27.0. The second kappa shape index (κ2) is 11.4. The Morgan fingerprint density at radius 2 is 1.02 bits per heavy atom. The zero-order valence-corrected chi connectivity index (χ0v) is 24.2. The fourth-order valence-electron chi connectivity index (χ4n) is 5.77. The number of rotatable bonds is 4. The predicted molar refractivity (Wildman–Crippen MR) is 169 cm³/mol. The number of benzene rings is 4. The maximum atomic E-state index is 14.0. The molecule has 2 heterocycles.